The Kier molecular flexibility index (Phi) is 2.93. The number of hydrogen-bond acceptors (Lipinski definition) is 4. The fourth-order valence-corrected chi connectivity index (χ4v) is 1.66. The lowest BCUT2D eigenvalue weighted by molar-refractivity contribution is 0.0637. The van der Waals surface area contributed by atoms with Gasteiger partial charge in [-0.05, 0) is 19.8 Å². The molecule has 1 saturated heterocycles. The molecule has 1 aliphatic heterocycles. The molecule has 0 aliphatic carbocycles. The van der Waals surface area contributed by atoms with Crippen LogP contribution >= 0.6 is 0 Å². The van der Waals surface area contributed by atoms with Crippen LogP contribution in [0.5, 0.6) is 0 Å². The highest BCUT2D eigenvalue weighted by molar-refractivity contribution is 5.37. The molecule has 14 heavy (non-hydrogen) atoms. The van der Waals surface area contributed by atoms with E-state index >= 15 is 0 Å². The van der Waals surface area contributed by atoms with Crippen molar-refractivity contribution in [2.75, 3.05) is 11.9 Å². The van der Waals surface area contributed by atoms with Crippen LogP contribution in [0.2, 0.25) is 0 Å². The van der Waals surface area contributed by atoms with E-state index in [1.165, 1.54) is 6.33 Å². The second-order valence-corrected chi connectivity index (χ2v) is 3.65. The van der Waals surface area contributed by atoms with E-state index in [4.69, 9.17) is 4.74 Å². The molecule has 0 aromatic carbocycles. The molecule has 0 saturated carbocycles. The van der Waals surface area contributed by atoms with Crippen LogP contribution in [0.4, 0.5) is 5.69 Å². The van der Waals surface area contributed by atoms with Crippen LogP contribution in [0.25, 0.3) is 0 Å². The van der Waals surface area contributed by atoms with Gasteiger partial charge in [0.1, 0.15) is 6.33 Å². The maximum atomic E-state index is 5.68. The molecule has 2 unspecified atom stereocenters. The first-order valence-electron chi connectivity index (χ1n) is 4.99. The highest BCUT2D eigenvalue weighted by Gasteiger charge is 2.21. The van der Waals surface area contributed by atoms with Crippen molar-refractivity contribution in [1.29, 1.82) is 0 Å². The number of aromatic nitrogens is 2. The smallest absolute Gasteiger partial charge is 0.115 e. The first kappa shape index (κ1) is 9.40. The van der Waals surface area contributed by atoms with Crippen molar-refractivity contribution in [3.63, 3.8) is 0 Å². The van der Waals surface area contributed by atoms with Gasteiger partial charge in [0, 0.05) is 6.54 Å². The maximum Gasteiger partial charge on any atom is 0.115 e. The molecule has 76 valence electrons. The van der Waals surface area contributed by atoms with Crippen LogP contribution in [-0.2, 0) is 4.74 Å². The van der Waals surface area contributed by atoms with E-state index in [0.29, 0.717) is 12.2 Å². The molecule has 2 rings (SSSR count). The standard InChI is InChI=1S/C10H15N3O/c1-8-2-3-10(14-8)6-13-9-4-11-7-12-5-9/h4-5,7-8,10,13H,2-3,6H2,1H3. The Labute approximate surface area is 83.7 Å². The number of nitrogens with one attached hydrogen (secondary N) is 1. The zero-order valence-electron chi connectivity index (χ0n) is 8.31. The molecule has 1 N–H and O–H groups in total. The van der Waals surface area contributed by atoms with Crippen molar-refractivity contribution < 1.29 is 4.74 Å². The minimum Gasteiger partial charge on any atom is -0.380 e. The molecule has 2 heterocycles. The molecule has 0 amide bonds. The second kappa shape index (κ2) is 4.37. The van der Waals surface area contributed by atoms with Crippen LogP contribution in [0, 0.1) is 0 Å². The van der Waals surface area contributed by atoms with Gasteiger partial charge in [0.15, 0.2) is 0 Å². The van der Waals surface area contributed by atoms with Crippen LogP contribution in [0.15, 0.2) is 18.7 Å². The van der Waals surface area contributed by atoms with Crippen molar-refractivity contribution in [1.82, 2.24) is 9.97 Å². The van der Waals surface area contributed by atoms with Gasteiger partial charge in [0.25, 0.3) is 0 Å². The van der Waals surface area contributed by atoms with Gasteiger partial charge in [-0.1, -0.05) is 0 Å². The SMILES string of the molecule is CC1CCC(CNc2cncnc2)O1. The predicted octanol–water partition coefficient (Wildman–Crippen LogP) is 1.46. The fraction of sp³-hybridized carbons (Fsp3) is 0.600. The van der Waals surface area contributed by atoms with Crippen LogP contribution in [0.3, 0.4) is 0 Å². The summed E-state index contributed by atoms with van der Waals surface area (Å²) >= 11 is 0. The fourth-order valence-electron chi connectivity index (χ4n) is 1.66. The van der Waals surface area contributed by atoms with E-state index in [0.717, 1.165) is 25.1 Å². The average molecular weight is 193 g/mol. The molecule has 4 heteroatoms. The first-order chi connectivity index (χ1) is 6.84. The van der Waals surface area contributed by atoms with E-state index < -0.39 is 0 Å². The summed E-state index contributed by atoms with van der Waals surface area (Å²) in [6, 6.07) is 0. The quantitative estimate of drug-likeness (QED) is 0.789. The van der Waals surface area contributed by atoms with Gasteiger partial charge >= 0.3 is 0 Å². The topological polar surface area (TPSA) is 47.0 Å². The Bertz CT molecular complexity index is 278. The summed E-state index contributed by atoms with van der Waals surface area (Å²) in [5.74, 6) is 0. The number of anilines is 1. The summed E-state index contributed by atoms with van der Waals surface area (Å²) in [4.78, 5) is 7.86. The van der Waals surface area contributed by atoms with Gasteiger partial charge in [0.2, 0.25) is 0 Å². The van der Waals surface area contributed by atoms with E-state index in [1.807, 2.05) is 0 Å². The zero-order valence-corrected chi connectivity index (χ0v) is 8.31. The van der Waals surface area contributed by atoms with Crippen molar-refractivity contribution in [2.24, 2.45) is 0 Å². The van der Waals surface area contributed by atoms with E-state index in [1.54, 1.807) is 12.4 Å². The molecule has 1 fully saturated rings. The number of ether oxygens (including phenoxy) is 1. The van der Waals surface area contributed by atoms with Gasteiger partial charge in [0.05, 0.1) is 30.3 Å². The molecule has 4 nitrogen and oxygen atoms in total. The molecular weight excluding hydrogens is 178 g/mol. The van der Waals surface area contributed by atoms with Crippen molar-refractivity contribution >= 4 is 5.69 Å². The summed E-state index contributed by atoms with van der Waals surface area (Å²) < 4.78 is 5.68. The van der Waals surface area contributed by atoms with E-state index in [-0.39, 0.29) is 0 Å². The minimum absolute atomic E-state index is 0.338. The predicted molar refractivity (Wildman–Crippen MR) is 54.1 cm³/mol. The summed E-state index contributed by atoms with van der Waals surface area (Å²) in [7, 11) is 0. The Morgan fingerprint density at radius 3 is 2.86 bits per heavy atom. The first-order valence-corrected chi connectivity index (χ1v) is 4.99. The van der Waals surface area contributed by atoms with E-state index in [2.05, 4.69) is 22.2 Å². The molecule has 1 aromatic heterocycles. The summed E-state index contributed by atoms with van der Waals surface area (Å²) in [6.07, 6.45) is 8.12. The molecule has 0 radical (unpaired) electrons. The lowest BCUT2D eigenvalue weighted by Crippen LogP contribution is -2.19. The third kappa shape index (κ3) is 2.42. The number of hydrogen-bond donors (Lipinski definition) is 1. The second-order valence-electron chi connectivity index (χ2n) is 3.65. The van der Waals surface area contributed by atoms with Gasteiger partial charge in [-0.2, -0.15) is 0 Å². The molecule has 1 aromatic rings. The van der Waals surface area contributed by atoms with Crippen molar-refractivity contribution in [3.05, 3.63) is 18.7 Å². The summed E-state index contributed by atoms with van der Waals surface area (Å²) in [6.45, 7) is 2.96. The minimum atomic E-state index is 0.338. The molecule has 1 aliphatic rings. The van der Waals surface area contributed by atoms with Gasteiger partial charge in [-0.3, -0.25) is 0 Å². The third-order valence-electron chi connectivity index (χ3n) is 2.41. The number of rotatable bonds is 3. The monoisotopic (exact) mass is 193 g/mol. The molecular formula is C10H15N3O. The highest BCUT2D eigenvalue weighted by atomic mass is 16.5. The summed E-state index contributed by atoms with van der Waals surface area (Å²) in [5, 5.41) is 3.26. The normalized spacial score (nSPS) is 26.4. The van der Waals surface area contributed by atoms with Crippen LogP contribution < -0.4 is 5.32 Å². The van der Waals surface area contributed by atoms with Gasteiger partial charge < -0.3 is 10.1 Å². The van der Waals surface area contributed by atoms with Crippen molar-refractivity contribution in [3.8, 4) is 0 Å². The Morgan fingerprint density at radius 1 is 1.43 bits per heavy atom. The van der Waals surface area contributed by atoms with Gasteiger partial charge in [-0.15, -0.1) is 0 Å². The van der Waals surface area contributed by atoms with Crippen LogP contribution in [-0.4, -0.2) is 28.7 Å². The summed E-state index contributed by atoms with van der Waals surface area (Å²) in [5.41, 5.74) is 0.954. The van der Waals surface area contributed by atoms with Crippen molar-refractivity contribution in [2.45, 2.75) is 32.0 Å². The Hall–Kier alpha value is -1.16. The third-order valence-corrected chi connectivity index (χ3v) is 2.41. The lowest BCUT2D eigenvalue weighted by atomic mass is 10.2. The Balaban J connectivity index is 1.78. The highest BCUT2D eigenvalue weighted by Crippen LogP contribution is 2.19. The largest absolute Gasteiger partial charge is 0.380 e. The molecule has 0 spiro atoms. The lowest BCUT2D eigenvalue weighted by Gasteiger charge is -2.12. The Morgan fingerprint density at radius 2 is 2.21 bits per heavy atom. The average Bonchev–Trinajstić information content (AvgIpc) is 2.63. The van der Waals surface area contributed by atoms with Crippen LogP contribution in [0.1, 0.15) is 19.8 Å². The maximum absolute atomic E-state index is 5.68. The number of nitrogens with zero attached hydrogens (tertiary/aromatic N) is 2. The van der Waals surface area contributed by atoms with E-state index in [9.17, 15) is 0 Å². The zero-order chi connectivity index (χ0) is 9.80. The van der Waals surface area contributed by atoms with Gasteiger partial charge in [-0.25, -0.2) is 9.97 Å². The molecule has 2 atom stereocenters. The molecule has 0 bridgehead atoms.